The van der Waals surface area contributed by atoms with Crippen molar-refractivity contribution in [2.24, 2.45) is 7.05 Å². The number of carbonyl (C=O) groups excluding carboxylic acids is 1. The van der Waals surface area contributed by atoms with Gasteiger partial charge in [-0.3, -0.25) is 14.4 Å². The molecule has 3 aromatic rings. The molecule has 1 unspecified atom stereocenters. The molecule has 1 aliphatic rings. The average Bonchev–Trinajstić information content (AvgIpc) is 2.94. The van der Waals surface area contributed by atoms with Crippen molar-refractivity contribution in [2.45, 2.75) is 25.7 Å². The third kappa shape index (κ3) is 2.73. The number of aryl methyl sites for hydroxylation is 1. The van der Waals surface area contributed by atoms with Gasteiger partial charge in [0.25, 0.3) is 0 Å². The van der Waals surface area contributed by atoms with Crippen LogP contribution in [-0.4, -0.2) is 26.9 Å². The normalized spacial score (nSPS) is 16.9. The highest BCUT2D eigenvalue weighted by Crippen LogP contribution is 2.44. The standard InChI is InChI=1S/C19H17F2N3O3/c1-11(25)12-7-5-9-16-17(12)27-19(20,21)18(26)24(16)10-14-13-6-3-4-8-15(13)23(2)22-14/h3-9,11,25H,10H2,1-2H3. The van der Waals surface area contributed by atoms with E-state index in [4.69, 9.17) is 0 Å². The van der Waals surface area contributed by atoms with E-state index in [2.05, 4.69) is 9.84 Å². The fraction of sp³-hybridized carbons (Fsp3) is 0.263. The molecule has 0 saturated heterocycles. The first kappa shape index (κ1) is 17.4. The molecular formula is C19H17F2N3O3. The Morgan fingerprint density at radius 3 is 2.70 bits per heavy atom. The molecule has 0 aliphatic carbocycles. The Labute approximate surface area is 153 Å². The number of amides is 1. The zero-order chi connectivity index (χ0) is 19.3. The van der Waals surface area contributed by atoms with Gasteiger partial charge in [-0.1, -0.05) is 30.3 Å². The Bertz CT molecular complexity index is 1050. The second-order valence-electron chi connectivity index (χ2n) is 6.47. The van der Waals surface area contributed by atoms with Gasteiger partial charge in [-0.2, -0.15) is 13.9 Å². The number of aliphatic hydroxyl groups excluding tert-OH is 1. The molecule has 1 aliphatic heterocycles. The van der Waals surface area contributed by atoms with Crippen molar-refractivity contribution in [2.75, 3.05) is 4.90 Å². The molecule has 4 rings (SSSR count). The number of nitrogens with zero attached hydrogens (tertiary/aromatic N) is 3. The number of aromatic nitrogens is 2. The zero-order valence-electron chi connectivity index (χ0n) is 14.7. The molecular weight excluding hydrogens is 356 g/mol. The van der Waals surface area contributed by atoms with Crippen LogP contribution in [0.1, 0.15) is 24.3 Å². The number of benzene rings is 2. The maximum atomic E-state index is 14.3. The SMILES string of the molecule is CC(O)c1cccc2c1OC(F)(F)C(=O)N2Cc1nn(C)c2ccccc12. The third-order valence-corrected chi connectivity index (χ3v) is 4.63. The van der Waals surface area contributed by atoms with Crippen molar-refractivity contribution < 1.29 is 23.4 Å². The molecule has 0 saturated carbocycles. The summed E-state index contributed by atoms with van der Waals surface area (Å²) in [6, 6.07) is 12.0. The minimum absolute atomic E-state index is 0.143. The lowest BCUT2D eigenvalue weighted by Crippen LogP contribution is -2.50. The van der Waals surface area contributed by atoms with Crippen LogP contribution in [0.15, 0.2) is 42.5 Å². The van der Waals surface area contributed by atoms with Crippen molar-refractivity contribution >= 4 is 22.5 Å². The summed E-state index contributed by atoms with van der Waals surface area (Å²) in [4.78, 5) is 13.3. The molecule has 2 aromatic carbocycles. The number of aliphatic hydroxyl groups is 1. The fourth-order valence-electron chi connectivity index (χ4n) is 3.35. The fourth-order valence-corrected chi connectivity index (χ4v) is 3.35. The minimum Gasteiger partial charge on any atom is -0.423 e. The molecule has 0 bridgehead atoms. The van der Waals surface area contributed by atoms with Crippen LogP contribution in [0.4, 0.5) is 14.5 Å². The van der Waals surface area contributed by atoms with Crippen LogP contribution in [0.5, 0.6) is 5.75 Å². The predicted molar refractivity (Wildman–Crippen MR) is 94.6 cm³/mol. The molecule has 140 valence electrons. The van der Waals surface area contributed by atoms with Gasteiger partial charge in [0.1, 0.15) is 0 Å². The summed E-state index contributed by atoms with van der Waals surface area (Å²) in [6.45, 7) is 1.31. The van der Waals surface area contributed by atoms with E-state index >= 15 is 0 Å². The number of alkyl halides is 2. The Balaban J connectivity index is 1.85. The maximum absolute atomic E-state index is 14.3. The first-order valence-electron chi connectivity index (χ1n) is 8.40. The summed E-state index contributed by atoms with van der Waals surface area (Å²) in [7, 11) is 1.75. The van der Waals surface area contributed by atoms with Gasteiger partial charge in [-0.15, -0.1) is 0 Å². The average molecular weight is 373 g/mol. The molecule has 0 spiro atoms. The van der Waals surface area contributed by atoms with Crippen LogP contribution in [0.2, 0.25) is 0 Å². The van der Waals surface area contributed by atoms with Crippen molar-refractivity contribution in [3.63, 3.8) is 0 Å². The Morgan fingerprint density at radius 1 is 1.22 bits per heavy atom. The molecule has 0 radical (unpaired) electrons. The van der Waals surface area contributed by atoms with Gasteiger partial charge < -0.3 is 9.84 Å². The van der Waals surface area contributed by atoms with Crippen molar-refractivity contribution in [1.82, 2.24) is 9.78 Å². The minimum atomic E-state index is -4.03. The summed E-state index contributed by atoms with van der Waals surface area (Å²) in [5.41, 5.74) is 1.69. The summed E-state index contributed by atoms with van der Waals surface area (Å²) < 4.78 is 34.9. The van der Waals surface area contributed by atoms with Gasteiger partial charge in [0, 0.05) is 18.0 Å². The van der Waals surface area contributed by atoms with Crippen LogP contribution in [0, 0.1) is 0 Å². The number of rotatable bonds is 3. The van der Waals surface area contributed by atoms with Crippen LogP contribution >= 0.6 is 0 Å². The number of fused-ring (bicyclic) bond motifs is 2. The molecule has 1 aromatic heterocycles. The van der Waals surface area contributed by atoms with Gasteiger partial charge >= 0.3 is 12.0 Å². The Morgan fingerprint density at radius 2 is 1.96 bits per heavy atom. The van der Waals surface area contributed by atoms with E-state index in [0.717, 1.165) is 15.8 Å². The molecule has 1 atom stereocenters. The lowest BCUT2D eigenvalue weighted by molar-refractivity contribution is -0.193. The van der Waals surface area contributed by atoms with E-state index in [0.29, 0.717) is 5.69 Å². The maximum Gasteiger partial charge on any atom is 0.483 e. The van der Waals surface area contributed by atoms with Crippen molar-refractivity contribution in [3.8, 4) is 5.75 Å². The summed E-state index contributed by atoms with van der Waals surface area (Å²) >= 11 is 0. The first-order chi connectivity index (χ1) is 12.8. The monoisotopic (exact) mass is 373 g/mol. The molecule has 1 amide bonds. The first-order valence-corrected chi connectivity index (χ1v) is 8.40. The van der Waals surface area contributed by atoms with E-state index in [1.165, 1.54) is 19.1 Å². The lowest BCUT2D eigenvalue weighted by atomic mass is 10.1. The van der Waals surface area contributed by atoms with Gasteiger partial charge in [0.15, 0.2) is 5.75 Å². The highest BCUT2D eigenvalue weighted by molar-refractivity contribution is 6.01. The van der Waals surface area contributed by atoms with E-state index in [9.17, 15) is 18.7 Å². The quantitative estimate of drug-likeness (QED) is 0.766. The molecule has 8 heteroatoms. The van der Waals surface area contributed by atoms with E-state index < -0.39 is 18.1 Å². The second-order valence-corrected chi connectivity index (χ2v) is 6.47. The van der Waals surface area contributed by atoms with Gasteiger partial charge in [-0.25, -0.2) is 0 Å². The van der Waals surface area contributed by atoms with E-state index in [1.54, 1.807) is 17.8 Å². The summed E-state index contributed by atoms with van der Waals surface area (Å²) in [6.07, 6.45) is -5.05. The molecule has 1 N–H and O–H groups in total. The van der Waals surface area contributed by atoms with Gasteiger partial charge in [-0.05, 0) is 19.1 Å². The van der Waals surface area contributed by atoms with Crippen LogP contribution < -0.4 is 9.64 Å². The topological polar surface area (TPSA) is 67.6 Å². The highest BCUT2D eigenvalue weighted by Gasteiger charge is 2.51. The van der Waals surface area contributed by atoms with Crippen molar-refractivity contribution in [1.29, 1.82) is 0 Å². The Hall–Kier alpha value is -3.00. The number of hydrogen-bond donors (Lipinski definition) is 1. The second kappa shape index (κ2) is 6.02. The van der Waals surface area contributed by atoms with Gasteiger partial charge in [0.05, 0.1) is 29.5 Å². The zero-order valence-corrected chi connectivity index (χ0v) is 14.7. The van der Waals surface area contributed by atoms with Gasteiger partial charge in [0.2, 0.25) is 0 Å². The molecule has 2 heterocycles. The van der Waals surface area contributed by atoms with Crippen molar-refractivity contribution in [3.05, 3.63) is 53.7 Å². The van der Waals surface area contributed by atoms with E-state index in [1.807, 2.05) is 24.3 Å². The van der Waals surface area contributed by atoms with Crippen LogP contribution in [-0.2, 0) is 18.4 Å². The lowest BCUT2D eigenvalue weighted by Gasteiger charge is -2.34. The smallest absolute Gasteiger partial charge is 0.423 e. The van der Waals surface area contributed by atoms with Crippen LogP contribution in [0.3, 0.4) is 0 Å². The number of anilines is 1. The highest BCUT2D eigenvalue weighted by atomic mass is 19.3. The number of carbonyl (C=O) groups is 1. The largest absolute Gasteiger partial charge is 0.483 e. The summed E-state index contributed by atoms with van der Waals surface area (Å²) in [5.74, 6) is -1.66. The predicted octanol–water partition coefficient (Wildman–Crippen LogP) is 3.15. The number of halogens is 2. The van der Waals surface area contributed by atoms with Crippen LogP contribution in [0.25, 0.3) is 10.9 Å². The van der Waals surface area contributed by atoms with E-state index in [-0.39, 0.29) is 23.5 Å². The number of hydrogen-bond acceptors (Lipinski definition) is 4. The Kier molecular flexibility index (Phi) is 3.88. The molecule has 6 nitrogen and oxygen atoms in total. The third-order valence-electron chi connectivity index (χ3n) is 4.63. The summed E-state index contributed by atoms with van der Waals surface area (Å²) in [5, 5.41) is 15.1. The number of para-hydroxylation sites is 2. The molecule has 0 fully saturated rings. The number of ether oxygens (including phenoxy) is 1. The molecule has 27 heavy (non-hydrogen) atoms.